The van der Waals surface area contributed by atoms with Gasteiger partial charge < -0.3 is 10.2 Å². The Kier molecular flexibility index (Phi) is 5.44. The molecule has 1 amide bonds. The van der Waals surface area contributed by atoms with Crippen LogP contribution in [-0.4, -0.2) is 42.7 Å². The van der Waals surface area contributed by atoms with Crippen LogP contribution in [0.25, 0.3) is 0 Å². The maximum atomic E-state index is 12.1. The lowest BCUT2D eigenvalue weighted by Gasteiger charge is -2.34. The average molecular weight is 266 g/mol. The van der Waals surface area contributed by atoms with Gasteiger partial charge >= 0.3 is 6.18 Å². The van der Waals surface area contributed by atoms with Crippen LogP contribution in [-0.2, 0) is 4.79 Å². The van der Waals surface area contributed by atoms with Crippen LogP contribution in [0.4, 0.5) is 13.2 Å². The van der Waals surface area contributed by atoms with Crippen molar-refractivity contribution in [3.8, 4) is 0 Å². The number of nitrogens with zero attached hydrogens (tertiary/aromatic N) is 1. The molecule has 1 saturated heterocycles. The maximum absolute atomic E-state index is 12.1. The van der Waals surface area contributed by atoms with E-state index in [-0.39, 0.29) is 17.9 Å². The highest BCUT2D eigenvalue weighted by Crippen LogP contribution is 2.16. The third-order valence-corrected chi connectivity index (χ3v) is 2.95. The Hall–Kier alpha value is -0.780. The summed E-state index contributed by atoms with van der Waals surface area (Å²) in [5, 5.41) is 2.48. The van der Waals surface area contributed by atoms with Crippen LogP contribution in [0.1, 0.15) is 33.1 Å². The molecule has 1 unspecified atom stereocenters. The number of hydrogen-bond donors (Lipinski definition) is 1. The molecule has 106 valence electrons. The Morgan fingerprint density at radius 2 is 2.11 bits per heavy atom. The van der Waals surface area contributed by atoms with Crippen LogP contribution in [0.15, 0.2) is 0 Å². The summed E-state index contributed by atoms with van der Waals surface area (Å²) in [6.07, 6.45) is -2.27. The zero-order valence-electron chi connectivity index (χ0n) is 10.9. The van der Waals surface area contributed by atoms with Gasteiger partial charge in [-0.2, -0.15) is 13.2 Å². The molecule has 6 heteroatoms. The lowest BCUT2D eigenvalue weighted by molar-refractivity contribution is -0.134. The number of rotatable bonds is 4. The number of amides is 1. The summed E-state index contributed by atoms with van der Waals surface area (Å²) in [7, 11) is 0. The molecule has 1 atom stereocenters. The number of alkyl halides is 3. The molecule has 1 aliphatic heterocycles. The van der Waals surface area contributed by atoms with E-state index >= 15 is 0 Å². The second-order valence-corrected chi connectivity index (χ2v) is 5.27. The first-order valence-corrected chi connectivity index (χ1v) is 6.36. The zero-order chi connectivity index (χ0) is 13.8. The molecule has 1 rings (SSSR count). The number of piperidine rings is 1. The number of halogens is 3. The second kappa shape index (κ2) is 6.41. The molecule has 0 aromatic heterocycles. The number of likely N-dealkylation sites (tertiary alicyclic amines) is 1. The molecular formula is C12H21F3N2O. The highest BCUT2D eigenvalue weighted by molar-refractivity contribution is 5.76. The third-order valence-electron chi connectivity index (χ3n) is 2.95. The molecule has 1 heterocycles. The lowest BCUT2D eigenvalue weighted by atomic mass is 10.0. The van der Waals surface area contributed by atoms with Gasteiger partial charge in [0.25, 0.3) is 0 Å². The molecule has 0 radical (unpaired) electrons. The van der Waals surface area contributed by atoms with E-state index < -0.39 is 12.7 Å². The van der Waals surface area contributed by atoms with Crippen molar-refractivity contribution in [2.75, 3.05) is 19.6 Å². The van der Waals surface area contributed by atoms with Crippen LogP contribution in [0.3, 0.4) is 0 Å². The fourth-order valence-electron chi connectivity index (χ4n) is 2.11. The largest absolute Gasteiger partial charge is 0.401 e. The molecule has 1 aliphatic rings. The van der Waals surface area contributed by atoms with E-state index in [1.54, 1.807) is 4.90 Å². The fraction of sp³-hybridized carbons (Fsp3) is 0.917. The van der Waals surface area contributed by atoms with Gasteiger partial charge in [0.2, 0.25) is 5.91 Å². The predicted octanol–water partition coefficient (Wildman–Crippen LogP) is 2.18. The number of carbonyl (C=O) groups is 1. The minimum atomic E-state index is -4.19. The normalized spacial score (nSPS) is 21.4. The van der Waals surface area contributed by atoms with E-state index in [0.717, 1.165) is 6.42 Å². The van der Waals surface area contributed by atoms with Gasteiger partial charge in [-0.15, -0.1) is 0 Å². The molecular weight excluding hydrogens is 245 g/mol. The summed E-state index contributed by atoms with van der Waals surface area (Å²) >= 11 is 0. The summed E-state index contributed by atoms with van der Waals surface area (Å²) < 4.78 is 36.3. The minimum absolute atomic E-state index is 0.0449. The molecule has 0 saturated carbocycles. The van der Waals surface area contributed by atoms with Crippen molar-refractivity contribution in [3.05, 3.63) is 0 Å². The molecule has 0 aliphatic carbocycles. The fourth-order valence-corrected chi connectivity index (χ4v) is 2.11. The second-order valence-electron chi connectivity index (χ2n) is 5.27. The highest BCUT2D eigenvalue weighted by Gasteiger charge is 2.30. The lowest BCUT2D eigenvalue weighted by Crippen LogP contribution is -2.50. The Morgan fingerprint density at radius 3 is 2.67 bits per heavy atom. The van der Waals surface area contributed by atoms with Gasteiger partial charge in [0.15, 0.2) is 0 Å². The summed E-state index contributed by atoms with van der Waals surface area (Å²) in [4.78, 5) is 13.5. The summed E-state index contributed by atoms with van der Waals surface area (Å²) in [5.41, 5.74) is 0. The maximum Gasteiger partial charge on any atom is 0.401 e. The molecule has 3 nitrogen and oxygen atoms in total. The Bertz CT molecular complexity index is 279. The van der Waals surface area contributed by atoms with E-state index in [4.69, 9.17) is 0 Å². The van der Waals surface area contributed by atoms with Crippen molar-refractivity contribution < 1.29 is 18.0 Å². The van der Waals surface area contributed by atoms with Crippen LogP contribution >= 0.6 is 0 Å². The van der Waals surface area contributed by atoms with E-state index in [9.17, 15) is 18.0 Å². The van der Waals surface area contributed by atoms with E-state index in [1.807, 2.05) is 13.8 Å². The Balaban J connectivity index is 2.38. The molecule has 0 aromatic rings. The Labute approximate surface area is 106 Å². The van der Waals surface area contributed by atoms with Gasteiger partial charge in [0.05, 0.1) is 6.54 Å². The third kappa shape index (κ3) is 5.71. The standard InChI is InChI=1S/C12H21F3N2O/c1-9(2)6-11(18)17-5-3-4-10(7-17)16-8-12(13,14)15/h9-10,16H,3-8H2,1-2H3. The van der Waals surface area contributed by atoms with E-state index in [1.165, 1.54) is 0 Å². The van der Waals surface area contributed by atoms with Gasteiger partial charge in [-0.3, -0.25) is 4.79 Å². The number of nitrogens with one attached hydrogen (secondary N) is 1. The molecule has 1 fully saturated rings. The molecule has 0 spiro atoms. The van der Waals surface area contributed by atoms with Gasteiger partial charge in [-0.1, -0.05) is 13.8 Å². The van der Waals surface area contributed by atoms with E-state index in [2.05, 4.69) is 5.32 Å². The molecule has 0 bridgehead atoms. The Morgan fingerprint density at radius 1 is 1.44 bits per heavy atom. The number of carbonyl (C=O) groups excluding carboxylic acids is 1. The minimum Gasteiger partial charge on any atom is -0.341 e. The van der Waals surface area contributed by atoms with Crippen molar-refractivity contribution in [1.29, 1.82) is 0 Å². The van der Waals surface area contributed by atoms with Gasteiger partial charge in [0.1, 0.15) is 0 Å². The number of hydrogen-bond acceptors (Lipinski definition) is 2. The first kappa shape index (κ1) is 15.3. The summed E-state index contributed by atoms with van der Waals surface area (Å²) in [5.74, 6) is 0.324. The smallest absolute Gasteiger partial charge is 0.341 e. The molecule has 1 N–H and O–H groups in total. The van der Waals surface area contributed by atoms with Crippen molar-refractivity contribution in [1.82, 2.24) is 10.2 Å². The van der Waals surface area contributed by atoms with Gasteiger partial charge in [-0.25, -0.2) is 0 Å². The van der Waals surface area contributed by atoms with Crippen LogP contribution in [0, 0.1) is 5.92 Å². The zero-order valence-corrected chi connectivity index (χ0v) is 10.9. The van der Waals surface area contributed by atoms with Crippen molar-refractivity contribution >= 4 is 5.91 Å². The monoisotopic (exact) mass is 266 g/mol. The van der Waals surface area contributed by atoms with E-state index in [0.29, 0.717) is 25.9 Å². The summed E-state index contributed by atoms with van der Waals surface area (Å²) in [6, 6.07) is -0.239. The predicted molar refractivity (Wildman–Crippen MR) is 63.1 cm³/mol. The van der Waals surface area contributed by atoms with Crippen LogP contribution in [0.5, 0.6) is 0 Å². The molecule has 0 aromatic carbocycles. The summed E-state index contributed by atoms with van der Waals surface area (Å²) in [6.45, 7) is 3.99. The first-order chi connectivity index (χ1) is 8.28. The quantitative estimate of drug-likeness (QED) is 0.846. The SMILES string of the molecule is CC(C)CC(=O)N1CCCC(NCC(F)(F)F)C1. The van der Waals surface area contributed by atoms with Crippen LogP contribution < -0.4 is 5.32 Å². The van der Waals surface area contributed by atoms with Gasteiger partial charge in [0, 0.05) is 25.6 Å². The van der Waals surface area contributed by atoms with Crippen molar-refractivity contribution in [2.24, 2.45) is 5.92 Å². The average Bonchev–Trinajstić information content (AvgIpc) is 2.25. The van der Waals surface area contributed by atoms with Gasteiger partial charge in [-0.05, 0) is 18.8 Å². The topological polar surface area (TPSA) is 32.3 Å². The van der Waals surface area contributed by atoms with Crippen LogP contribution in [0.2, 0.25) is 0 Å². The van der Waals surface area contributed by atoms with Crippen molar-refractivity contribution in [2.45, 2.75) is 45.3 Å². The van der Waals surface area contributed by atoms with Crippen molar-refractivity contribution in [3.63, 3.8) is 0 Å². The first-order valence-electron chi connectivity index (χ1n) is 6.36. The molecule has 18 heavy (non-hydrogen) atoms. The highest BCUT2D eigenvalue weighted by atomic mass is 19.4.